The Morgan fingerprint density at radius 1 is 1.40 bits per heavy atom. The van der Waals surface area contributed by atoms with Gasteiger partial charge in [0.25, 0.3) is 5.91 Å². The molecular weight excluding hydrogens is 252 g/mol. The topological polar surface area (TPSA) is 63.6 Å². The zero-order valence-electron chi connectivity index (χ0n) is 11.5. The first-order valence-electron chi connectivity index (χ1n) is 7.24. The van der Waals surface area contributed by atoms with Gasteiger partial charge in [0.15, 0.2) is 0 Å². The van der Waals surface area contributed by atoms with E-state index in [1.165, 1.54) is 6.42 Å². The minimum atomic E-state index is 0.0874. The second-order valence-corrected chi connectivity index (χ2v) is 5.31. The number of carbonyl (C=O) groups is 1. The number of hydrogen-bond acceptors (Lipinski definition) is 3. The highest BCUT2D eigenvalue weighted by Crippen LogP contribution is 2.23. The number of aromatic nitrogens is 2. The van der Waals surface area contributed by atoms with Gasteiger partial charge in [-0.2, -0.15) is 5.10 Å². The van der Waals surface area contributed by atoms with Crippen LogP contribution in [0.4, 0.5) is 0 Å². The van der Waals surface area contributed by atoms with E-state index in [4.69, 9.17) is 5.73 Å². The second kappa shape index (κ2) is 5.63. The fourth-order valence-electron chi connectivity index (χ4n) is 3.01. The van der Waals surface area contributed by atoms with Gasteiger partial charge >= 0.3 is 0 Å². The standard InChI is InChI=1S/C15H20N4O/c16-8-7-12-5-1-3-9-18(12)15(20)13-11-17-19-10-4-2-6-14(13)19/h2,4,6,10-12H,1,3,5,7-9,16H2. The molecule has 20 heavy (non-hydrogen) atoms. The summed E-state index contributed by atoms with van der Waals surface area (Å²) in [6, 6.07) is 6.05. The summed E-state index contributed by atoms with van der Waals surface area (Å²) in [6.07, 6.45) is 7.73. The van der Waals surface area contributed by atoms with Gasteiger partial charge in [-0.15, -0.1) is 0 Å². The zero-order chi connectivity index (χ0) is 13.9. The van der Waals surface area contributed by atoms with Gasteiger partial charge in [0.1, 0.15) is 0 Å². The van der Waals surface area contributed by atoms with E-state index in [2.05, 4.69) is 5.10 Å². The zero-order valence-corrected chi connectivity index (χ0v) is 11.5. The SMILES string of the molecule is NCCC1CCCCN1C(=O)c1cnn2ccccc12. The molecule has 1 aliphatic heterocycles. The van der Waals surface area contributed by atoms with E-state index in [0.717, 1.165) is 31.3 Å². The molecule has 1 amide bonds. The molecule has 1 unspecified atom stereocenters. The molecule has 1 aliphatic rings. The first kappa shape index (κ1) is 13.1. The predicted molar refractivity (Wildman–Crippen MR) is 77.5 cm³/mol. The molecule has 1 atom stereocenters. The van der Waals surface area contributed by atoms with Crippen LogP contribution in [0.15, 0.2) is 30.6 Å². The number of nitrogens with zero attached hydrogens (tertiary/aromatic N) is 3. The quantitative estimate of drug-likeness (QED) is 0.924. The summed E-state index contributed by atoms with van der Waals surface area (Å²) in [5.41, 5.74) is 7.24. The summed E-state index contributed by atoms with van der Waals surface area (Å²) in [4.78, 5) is 14.8. The lowest BCUT2D eigenvalue weighted by atomic mass is 9.98. The minimum absolute atomic E-state index is 0.0874. The maximum Gasteiger partial charge on any atom is 0.257 e. The maximum atomic E-state index is 12.8. The lowest BCUT2D eigenvalue weighted by Gasteiger charge is -2.35. The molecule has 5 heteroatoms. The molecule has 0 radical (unpaired) electrons. The van der Waals surface area contributed by atoms with Crippen molar-refractivity contribution in [3.8, 4) is 0 Å². The average Bonchev–Trinajstić information content (AvgIpc) is 2.91. The molecule has 0 aliphatic carbocycles. The van der Waals surface area contributed by atoms with E-state index in [1.54, 1.807) is 10.7 Å². The van der Waals surface area contributed by atoms with Gasteiger partial charge in [0.05, 0.1) is 17.3 Å². The Labute approximate surface area is 118 Å². The molecule has 106 valence electrons. The van der Waals surface area contributed by atoms with Crippen LogP contribution in [0.2, 0.25) is 0 Å². The van der Waals surface area contributed by atoms with Crippen LogP contribution >= 0.6 is 0 Å². The third kappa shape index (κ3) is 2.29. The van der Waals surface area contributed by atoms with Gasteiger partial charge in [-0.3, -0.25) is 4.79 Å². The van der Waals surface area contributed by atoms with Crippen molar-refractivity contribution in [2.45, 2.75) is 31.7 Å². The Morgan fingerprint density at radius 2 is 2.30 bits per heavy atom. The molecule has 0 bridgehead atoms. The van der Waals surface area contributed by atoms with Gasteiger partial charge in [-0.05, 0) is 44.4 Å². The van der Waals surface area contributed by atoms with Crippen molar-refractivity contribution in [1.29, 1.82) is 0 Å². The summed E-state index contributed by atoms with van der Waals surface area (Å²) >= 11 is 0. The van der Waals surface area contributed by atoms with E-state index in [0.29, 0.717) is 12.1 Å². The Kier molecular flexibility index (Phi) is 3.69. The van der Waals surface area contributed by atoms with E-state index in [1.807, 2.05) is 29.3 Å². The predicted octanol–water partition coefficient (Wildman–Crippen LogP) is 1.68. The molecule has 2 aromatic rings. The third-order valence-corrected chi connectivity index (χ3v) is 4.04. The number of piperidine rings is 1. The van der Waals surface area contributed by atoms with Crippen molar-refractivity contribution < 1.29 is 4.79 Å². The summed E-state index contributed by atoms with van der Waals surface area (Å²) in [5, 5.41) is 4.25. The van der Waals surface area contributed by atoms with Crippen LogP contribution in [0, 0.1) is 0 Å². The van der Waals surface area contributed by atoms with Crippen LogP contribution < -0.4 is 5.73 Å². The summed E-state index contributed by atoms with van der Waals surface area (Å²) in [6.45, 7) is 1.46. The van der Waals surface area contributed by atoms with Crippen LogP contribution in [0.1, 0.15) is 36.0 Å². The molecule has 5 nitrogen and oxygen atoms in total. The van der Waals surface area contributed by atoms with Gasteiger partial charge in [0, 0.05) is 18.8 Å². The number of hydrogen-bond donors (Lipinski definition) is 1. The van der Waals surface area contributed by atoms with Crippen LogP contribution in [-0.4, -0.2) is 39.6 Å². The number of rotatable bonds is 3. The van der Waals surface area contributed by atoms with Gasteiger partial charge < -0.3 is 10.6 Å². The van der Waals surface area contributed by atoms with E-state index in [9.17, 15) is 4.79 Å². The highest BCUT2D eigenvalue weighted by atomic mass is 16.2. The van der Waals surface area contributed by atoms with Crippen molar-refractivity contribution in [1.82, 2.24) is 14.5 Å². The Balaban J connectivity index is 1.90. The minimum Gasteiger partial charge on any atom is -0.336 e. The Morgan fingerprint density at radius 3 is 3.15 bits per heavy atom. The van der Waals surface area contributed by atoms with E-state index >= 15 is 0 Å². The lowest BCUT2D eigenvalue weighted by Crippen LogP contribution is -2.44. The number of carbonyl (C=O) groups excluding carboxylic acids is 1. The molecule has 0 aromatic carbocycles. The van der Waals surface area contributed by atoms with Crippen molar-refractivity contribution in [3.63, 3.8) is 0 Å². The number of amides is 1. The van der Waals surface area contributed by atoms with Crippen molar-refractivity contribution in [2.75, 3.05) is 13.1 Å². The molecule has 1 saturated heterocycles. The first-order valence-corrected chi connectivity index (χ1v) is 7.24. The van der Waals surface area contributed by atoms with E-state index < -0.39 is 0 Å². The largest absolute Gasteiger partial charge is 0.336 e. The molecule has 0 spiro atoms. The number of pyridine rings is 1. The monoisotopic (exact) mass is 272 g/mol. The first-order chi connectivity index (χ1) is 9.81. The Hall–Kier alpha value is -1.88. The highest BCUT2D eigenvalue weighted by Gasteiger charge is 2.28. The molecule has 2 aromatic heterocycles. The fraction of sp³-hybridized carbons (Fsp3) is 0.467. The number of likely N-dealkylation sites (tertiary alicyclic amines) is 1. The summed E-state index contributed by atoms with van der Waals surface area (Å²) < 4.78 is 1.75. The molecule has 1 fully saturated rings. The van der Waals surface area contributed by atoms with Crippen LogP contribution in [0.5, 0.6) is 0 Å². The average molecular weight is 272 g/mol. The van der Waals surface area contributed by atoms with E-state index in [-0.39, 0.29) is 11.9 Å². The van der Waals surface area contributed by atoms with Gasteiger partial charge in [-0.1, -0.05) is 6.07 Å². The molecule has 3 heterocycles. The van der Waals surface area contributed by atoms with Crippen molar-refractivity contribution in [2.24, 2.45) is 5.73 Å². The van der Waals surface area contributed by atoms with Crippen molar-refractivity contribution in [3.05, 3.63) is 36.2 Å². The third-order valence-electron chi connectivity index (χ3n) is 4.04. The number of nitrogens with two attached hydrogens (primary N) is 1. The van der Waals surface area contributed by atoms with Gasteiger partial charge in [0.2, 0.25) is 0 Å². The van der Waals surface area contributed by atoms with Crippen molar-refractivity contribution >= 4 is 11.4 Å². The Bertz CT molecular complexity index is 605. The summed E-state index contributed by atoms with van der Waals surface area (Å²) in [5.74, 6) is 0.0874. The lowest BCUT2D eigenvalue weighted by molar-refractivity contribution is 0.0607. The maximum absolute atomic E-state index is 12.8. The smallest absolute Gasteiger partial charge is 0.257 e. The normalized spacial score (nSPS) is 19.4. The molecule has 2 N–H and O–H groups in total. The second-order valence-electron chi connectivity index (χ2n) is 5.31. The fourth-order valence-corrected chi connectivity index (χ4v) is 3.01. The molecular formula is C15H20N4O. The highest BCUT2D eigenvalue weighted by molar-refractivity contribution is 6.00. The number of fused-ring (bicyclic) bond motifs is 1. The summed E-state index contributed by atoms with van der Waals surface area (Å²) in [7, 11) is 0. The van der Waals surface area contributed by atoms with Crippen LogP contribution in [0.3, 0.4) is 0 Å². The van der Waals surface area contributed by atoms with Gasteiger partial charge in [-0.25, -0.2) is 4.52 Å². The van der Waals surface area contributed by atoms with Crippen LogP contribution in [0.25, 0.3) is 5.52 Å². The molecule has 0 saturated carbocycles. The molecule has 3 rings (SSSR count). The van der Waals surface area contributed by atoms with Crippen LogP contribution in [-0.2, 0) is 0 Å².